The molecule has 1 rings (SSSR count). The molecule has 1 aromatic rings. The van der Waals surface area contributed by atoms with E-state index in [1.54, 1.807) is 0 Å². The largest absolute Gasteiger partial charge is 0.508 e. The average molecular weight is 210 g/mol. The van der Waals surface area contributed by atoms with Crippen molar-refractivity contribution in [1.29, 1.82) is 0 Å². The van der Waals surface area contributed by atoms with Crippen molar-refractivity contribution < 1.29 is 24.5 Å². The number of esters is 1. The van der Waals surface area contributed by atoms with Crippen LogP contribution >= 0.6 is 0 Å². The number of carboxylic acids is 1. The van der Waals surface area contributed by atoms with Gasteiger partial charge in [0.1, 0.15) is 11.5 Å². The van der Waals surface area contributed by atoms with E-state index < -0.39 is 11.9 Å². The van der Waals surface area contributed by atoms with E-state index in [2.05, 4.69) is 0 Å². The molecule has 0 saturated carbocycles. The molecule has 0 bridgehead atoms. The molecule has 0 atom stereocenters. The first-order valence-corrected chi connectivity index (χ1v) is 4.29. The Labute approximate surface area is 85.9 Å². The van der Waals surface area contributed by atoms with Crippen LogP contribution in [0.1, 0.15) is 12.8 Å². The van der Waals surface area contributed by atoms with Crippen LogP contribution in [0.15, 0.2) is 24.3 Å². The molecular weight excluding hydrogens is 200 g/mol. The Morgan fingerprint density at radius 2 is 1.73 bits per heavy atom. The first kappa shape index (κ1) is 11.0. The first-order valence-electron chi connectivity index (χ1n) is 4.29. The van der Waals surface area contributed by atoms with Crippen LogP contribution in [0.25, 0.3) is 0 Å². The molecule has 5 heteroatoms. The fraction of sp³-hybridized carbons (Fsp3) is 0.200. The lowest BCUT2D eigenvalue weighted by molar-refractivity contribution is -0.142. The van der Waals surface area contributed by atoms with Crippen molar-refractivity contribution in [1.82, 2.24) is 0 Å². The molecule has 0 aliphatic rings. The zero-order chi connectivity index (χ0) is 11.3. The van der Waals surface area contributed by atoms with Crippen LogP contribution in [0.3, 0.4) is 0 Å². The summed E-state index contributed by atoms with van der Waals surface area (Å²) in [5.74, 6) is -1.30. The summed E-state index contributed by atoms with van der Waals surface area (Å²) in [5, 5.41) is 17.3. The molecule has 0 aliphatic carbocycles. The third-order valence-corrected chi connectivity index (χ3v) is 1.61. The number of benzene rings is 1. The van der Waals surface area contributed by atoms with Crippen LogP contribution in [0.4, 0.5) is 0 Å². The van der Waals surface area contributed by atoms with Gasteiger partial charge >= 0.3 is 11.9 Å². The predicted molar refractivity (Wildman–Crippen MR) is 50.6 cm³/mol. The van der Waals surface area contributed by atoms with E-state index in [9.17, 15) is 9.59 Å². The van der Waals surface area contributed by atoms with Crippen molar-refractivity contribution in [2.24, 2.45) is 0 Å². The van der Waals surface area contributed by atoms with E-state index >= 15 is 0 Å². The number of phenols is 1. The summed E-state index contributed by atoms with van der Waals surface area (Å²) >= 11 is 0. The molecule has 0 heterocycles. The van der Waals surface area contributed by atoms with Gasteiger partial charge in [-0.1, -0.05) is 0 Å². The second-order valence-electron chi connectivity index (χ2n) is 2.86. The number of carbonyl (C=O) groups excluding carboxylic acids is 1. The molecule has 0 aliphatic heterocycles. The normalized spacial score (nSPS) is 9.60. The minimum Gasteiger partial charge on any atom is -0.508 e. The van der Waals surface area contributed by atoms with Crippen molar-refractivity contribution in [3.63, 3.8) is 0 Å². The quantitative estimate of drug-likeness (QED) is 0.575. The van der Waals surface area contributed by atoms with Crippen molar-refractivity contribution in [3.8, 4) is 11.5 Å². The summed E-state index contributed by atoms with van der Waals surface area (Å²) in [6.07, 6.45) is -0.423. The van der Waals surface area contributed by atoms with Crippen LogP contribution in [0.2, 0.25) is 0 Å². The molecule has 15 heavy (non-hydrogen) atoms. The van der Waals surface area contributed by atoms with Crippen molar-refractivity contribution >= 4 is 11.9 Å². The van der Waals surface area contributed by atoms with Gasteiger partial charge in [-0.25, -0.2) is 0 Å². The first-order chi connectivity index (χ1) is 7.08. The maximum Gasteiger partial charge on any atom is 0.311 e. The molecule has 0 saturated heterocycles. The Morgan fingerprint density at radius 3 is 2.27 bits per heavy atom. The fourth-order valence-corrected chi connectivity index (χ4v) is 0.906. The monoisotopic (exact) mass is 210 g/mol. The van der Waals surface area contributed by atoms with Crippen LogP contribution in [-0.4, -0.2) is 22.2 Å². The molecule has 1 aromatic carbocycles. The fourth-order valence-electron chi connectivity index (χ4n) is 0.906. The van der Waals surface area contributed by atoms with Gasteiger partial charge in [-0.15, -0.1) is 0 Å². The number of hydrogen-bond acceptors (Lipinski definition) is 4. The molecule has 0 radical (unpaired) electrons. The Kier molecular flexibility index (Phi) is 3.68. The number of ether oxygens (including phenoxy) is 1. The lowest BCUT2D eigenvalue weighted by Crippen LogP contribution is -2.10. The van der Waals surface area contributed by atoms with Crippen LogP contribution in [0.5, 0.6) is 11.5 Å². The topological polar surface area (TPSA) is 83.8 Å². The SMILES string of the molecule is O=C(O)CCC(=O)Oc1ccc(O)cc1. The summed E-state index contributed by atoms with van der Waals surface area (Å²) in [5.41, 5.74) is 0. The molecule has 2 N–H and O–H groups in total. The summed E-state index contributed by atoms with van der Waals surface area (Å²) in [4.78, 5) is 21.2. The Bertz CT molecular complexity index is 355. The summed E-state index contributed by atoms with van der Waals surface area (Å²) in [6.45, 7) is 0. The summed E-state index contributed by atoms with van der Waals surface area (Å²) in [7, 11) is 0. The number of rotatable bonds is 4. The van der Waals surface area contributed by atoms with E-state index in [1.165, 1.54) is 24.3 Å². The minimum absolute atomic E-state index is 0.0698. The van der Waals surface area contributed by atoms with Gasteiger partial charge in [0.05, 0.1) is 12.8 Å². The third-order valence-electron chi connectivity index (χ3n) is 1.61. The van der Waals surface area contributed by atoms with Gasteiger partial charge in [0, 0.05) is 0 Å². The molecule has 0 amide bonds. The summed E-state index contributed by atoms with van der Waals surface area (Å²) in [6, 6.07) is 5.60. The molecular formula is C10H10O5. The van der Waals surface area contributed by atoms with Crippen LogP contribution < -0.4 is 4.74 Å². The average Bonchev–Trinajstić information content (AvgIpc) is 2.19. The highest BCUT2D eigenvalue weighted by molar-refractivity contribution is 5.78. The predicted octanol–water partition coefficient (Wildman–Crippen LogP) is 1.16. The summed E-state index contributed by atoms with van der Waals surface area (Å²) < 4.78 is 4.81. The number of hydrogen-bond donors (Lipinski definition) is 2. The number of carboxylic acid groups (broad SMARTS) is 1. The number of aromatic hydroxyl groups is 1. The molecule has 0 spiro atoms. The second-order valence-corrected chi connectivity index (χ2v) is 2.86. The molecule has 0 unspecified atom stereocenters. The molecule has 80 valence electrons. The van der Waals surface area contributed by atoms with Gasteiger partial charge in [0.15, 0.2) is 0 Å². The van der Waals surface area contributed by atoms with Gasteiger partial charge in [-0.05, 0) is 24.3 Å². The third kappa shape index (κ3) is 4.12. The standard InChI is InChI=1S/C10H10O5/c11-7-1-3-8(4-2-7)15-10(14)6-5-9(12)13/h1-4,11H,5-6H2,(H,12,13). The highest BCUT2D eigenvalue weighted by Crippen LogP contribution is 2.16. The Morgan fingerprint density at radius 1 is 1.13 bits per heavy atom. The maximum absolute atomic E-state index is 11.1. The highest BCUT2D eigenvalue weighted by atomic mass is 16.5. The second kappa shape index (κ2) is 4.99. The van der Waals surface area contributed by atoms with Crippen molar-refractivity contribution in [3.05, 3.63) is 24.3 Å². The highest BCUT2D eigenvalue weighted by Gasteiger charge is 2.07. The zero-order valence-corrected chi connectivity index (χ0v) is 7.84. The Balaban J connectivity index is 2.44. The van der Waals surface area contributed by atoms with E-state index in [0.29, 0.717) is 0 Å². The van der Waals surface area contributed by atoms with Gasteiger partial charge in [-0.3, -0.25) is 9.59 Å². The lowest BCUT2D eigenvalue weighted by Gasteiger charge is -2.02. The van der Waals surface area contributed by atoms with Gasteiger partial charge in [-0.2, -0.15) is 0 Å². The number of aliphatic carboxylic acids is 1. The lowest BCUT2D eigenvalue weighted by atomic mass is 10.3. The smallest absolute Gasteiger partial charge is 0.311 e. The van der Waals surface area contributed by atoms with Gasteiger partial charge < -0.3 is 14.9 Å². The van der Waals surface area contributed by atoms with E-state index in [4.69, 9.17) is 14.9 Å². The molecule has 5 nitrogen and oxygen atoms in total. The van der Waals surface area contributed by atoms with Crippen molar-refractivity contribution in [2.75, 3.05) is 0 Å². The zero-order valence-electron chi connectivity index (χ0n) is 7.84. The molecule has 0 fully saturated rings. The van der Waals surface area contributed by atoms with Crippen LogP contribution in [0, 0.1) is 0 Å². The maximum atomic E-state index is 11.1. The number of carbonyl (C=O) groups is 2. The number of phenolic OH excluding ortho intramolecular Hbond substituents is 1. The van der Waals surface area contributed by atoms with Gasteiger partial charge in [0.25, 0.3) is 0 Å². The van der Waals surface area contributed by atoms with Gasteiger partial charge in [0.2, 0.25) is 0 Å². The molecule has 0 aromatic heterocycles. The van der Waals surface area contributed by atoms with E-state index in [1.807, 2.05) is 0 Å². The van der Waals surface area contributed by atoms with Crippen molar-refractivity contribution in [2.45, 2.75) is 12.8 Å². The van der Waals surface area contributed by atoms with Crippen LogP contribution in [-0.2, 0) is 9.59 Å². The Hall–Kier alpha value is -2.04. The minimum atomic E-state index is -1.04. The van der Waals surface area contributed by atoms with E-state index in [-0.39, 0.29) is 24.3 Å². The van der Waals surface area contributed by atoms with E-state index in [0.717, 1.165) is 0 Å².